The number of anilines is 3. The highest BCUT2D eigenvalue weighted by Crippen LogP contribution is 2.50. The van der Waals surface area contributed by atoms with E-state index in [1.165, 1.54) is 55.1 Å². The molecule has 0 spiro atoms. The number of hydrogen-bond donors (Lipinski definition) is 1. The first-order chi connectivity index (χ1) is 25.3. The monoisotopic (exact) mass is 653 g/mol. The van der Waals surface area contributed by atoms with E-state index in [2.05, 4.69) is 179 Å². The molecule has 9 aromatic rings. The fourth-order valence-corrected chi connectivity index (χ4v) is 8.32. The summed E-state index contributed by atoms with van der Waals surface area (Å²) in [6.45, 7) is 0. The number of aromatic nitrogens is 1. The third-order valence-corrected chi connectivity index (χ3v) is 10.6. The third-order valence-electron chi connectivity index (χ3n) is 10.6. The van der Waals surface area contributed by atoms with Crippen molar-refractivity contribution in [2.45, 2.75) is 6.17 Å². The van der Waals surface area contributed by atoms with Crippen molar-refractivity contribution < 1.29 is 4.74 Å². The van der Waals surface area contributed by atoms with Gasteiger partial charge >= 0.3 is 0 Å². The van der Waals surface area contributed by atoms with Crippen LogP contribution in [0.4, 0.5) is 17.1 Å². The number of fused-ring (bicyclic) bond motifs is 6. The van der Waals surface area contributed by atoms with Crippen molar-refractivity contribution in [1.82, 2.24) is 4.57 Å². The normalized spacial score (nSPS) is 14.4. The SMILES string of the molecule is c1ccc(C2Nc3ccccc3N2c2ccc3c4ccc(-c5ccc6c7c(cccc57)-c5ccccc5O6)cc4n(-c4ccccc4)c3c2)cc1. The van der Waals surface area contributed by atoms with Crippen LogP contribution in [0, 0.1) is 0 Å². The summed E-state index contributed by atoms with van der Waals surface area (Å²) in [6.07, 6.45) is -0.0221. The number of para-hydroxylation sites is 4. The lowest BCUT2D eigenvalue weighted by atomic mass is 9.90. The predicted molar refractivity (Wildman–Crippen MR) is 211 cm³/mol. The van der Waals surface area contributed by atoms with Crippen molar-refractivity contribution in [2.75, 3.05) is 10.2 Å². The molecule has 0 aliphatic carbocycles. The molecule has 0 fully saturated rings. The Morgan fingerprint density at radius 3 is 2.08 bits per heavy atom. The van der Waals surface area contributed by atoms with Crippen LogP contribution < -0.4 is 15.0 Å². The first-order valence-electron chi connectivity index (χ1n) is 17.5. The molecule has 1 N–H and O–H groups in total. The van der Waals surface area contributed by atoms with Crippen LogP contribution in [0.1, 0.15) is 11.7 Å². The summed E-state index contributed by atoms with van der Waals surface area (Å²) in [7, 11) is 0. The standard InChI is InChI=1S/C47H31N3O/c1-3-12-30(13-4-1)47-48-40-19-8-9-20-41(40)50(47)33-23-25-36-35-24-22-31(28-42(35)49(43(36)29-33)32-14-5-2-6-15-32)34-26-27-45-46-38(34)17-11-18-39(46)37-16-7-10-21-44(37)51-45/h1-29,47-48H. The molecule has 1 atom stereocenters. The minimum absolute atomic E-state index is 0.0221. The van der Waals surface area contributed by atoms with Gasteiger partial charge < -0.3 is 19.5 Å². The average molecular weight is 654 g/mol. The first kappa shape index (κ1) is 28.1. The van der Waals surface area contributed by atoms with Crippen molar-refractivity contribution in [3.05, 3.63) is 181 Å². The first-order valence-corrected chi connectivity index (χ1v) is 17.5. The van der Waals surface area contributed by atoms with Crippen molar-refractivity contribution in [2.24, 2.45) is 0 Å². The number of benzene rings is 8. The van der Waals surface area contributed by atoms with Gasteiger partial charge in [-0.3, -0.25) is 0 Å². The molecular formula is C47H31N3O. The van der Waals surface area contributed by atoms with Gasteiger partial charge in [0.15, 0.2) is 0 Å². The Kier molecular flexibility index (Phi) is 5.98. The van der Waals surface area contributed by atoms with E-state index in [-0.39, 0.29) is 6.17 Å². The fourth-order valence-electron chi connectivity index (χ4n) is 8.32. The minimum atomic E-state index is -0.0221. The van der Waals surface area contributed by atoms with Crippen LogP contribution in [0.5, 0.6) is 11.5 Å². The quantitative estimate of drug-likeness (QED) is 0.205. The molecular weight excluding hydrogens is 623 g/mol. The van der Waals surface area contributed by atoms with Crippen LogP contribution in [0.15, 0.2) is 176 Å². The topological polar surface area (TPSA) is 29.4 Å². The Morgan fingerprint density at radius 1 is 0.471 bits per heavy atom. The molecule has 0 saturated heterocycles. The van der Waals surface area contributed by atoms with Crippen LogP contribution >= 0.6 is 0 Å². The predicted octanol–water partition coefficient (Wildman–Crippen LogP) is 12.6. The summed E-state index contributed by atoms with van der Waals surface area (Å²) >= 11 is 0. The third kappa shape index (κ3) is 4.20. The van der Waals surface area contributed by atoms with Gasteiger partial charge in [-0.05, 0) is 82.2 Å². The van der Waals surface area contributed by atoms with E-state index >= 15 is 0 Å². The second-order valence-corrected chi connectivity index (χ2v) is 13.4. The Morgan fingerprint density at radius 2 is 1.20 bits per heavy atom. The highest BCUT2D eigenvalue weighted by Gasteiger charge is 2.31. The molecule has 1 aromatic heterocycles. The smallest absolute Gasteiger partial charge is 0.135 e. The Balaban J connectivity index is 1.13. The van der Waals surface area contributed by atoms with E-state index in [0.717, 1.165) is 39.5 Å². The van der Waals surface area contributed by atoms with Gasteiger partial charge in [0.25, 0.3) is 0 Å². The molecule has 4 nitrogen and oxygen atoms in total. The zero-order valence-electron chi connectivity index (χ0n) is 27.6. The van der Waals surface area contributed by atoms with Gasteiger partial charge in [-0.25, -0.2) is 0 Å². The van der Waals surface area contributed by atoms with Crippen molar-refractivity contribution in [3.63, 3.8) is 0 Å². The van der Waals surface area contributed by atoms with E-state index in [9.17, 15) is 0 Å². The fraction of sp³-hybridized carbons (Fsp3) is 0.0213. The summed E-state index contributed by atoms with van der Waals surface area (Å²) in [5.41, 5.74) is 12.8. The largest absolute Gasteiger partial charge is 0.456 e. The molecule has 2 aliphatic rings. The Bertz CT molecular complexity index is 2820. The lowest BCUT2D eigenvalue weighted by Crippen LogP contribution is -2.23. The maximum atomic E-state index is 6.43. The number of nitrogens with one attached hydrogen (secondary N) is 1. The molecule has 0 saturated carbocycles. The molecule has 2 aliphatic heterocycles. The van der Waals surface area contributed by atoms with Crippen LogP contribution in [0.25, 0.3) is 60.5 Å². The van der Waals surface area contributed by atoms with Gasteiger partial charge in [0.05, 0.1) is 22.4 Å². The average Bonchev–Trinajstić information content (AvgIpc) is 3.74. The van der Waals surface area contributed by atoms with Crippen LogP contribution in [-0.4, -0.2) is 4.57 Å². The lowest BCUT2D eigenvalue weighted by molar-refractivity contribution is 0.487. The Hall–Kier alpha value is -6.78. The second kappa shape index (κ2) is 10.9. The van der Waals surface area contributed by atoms with E-state index in [4.69, 9.17) is 4.74 Å². The second-order valence-electron chi connectivity index (χ2n) is 13.4. The van der Waals surface area contributed by atoms with Crippen molar-refractivity contribution >= 4 is 49.6 Å². The van der Waals surface area contributed by atoms with Crippen molar-refractivity contribution in [1.29, 1.82) is 0 Å². The van der Waals surface area contributed by atoms with E-state index in [1.807, 2.05) is 12.1 Å². The van der Waals surface area contributed by atoms with Crippen LogP contribution in [0.2, 0.25) is 0 Å². The number of rotatable bonds is 4. The molecule has 51 heavy (non-hydrogen) atoms. The maximum Gasteiger partial charge on any atom is 0.135 e. The number of hydrogen-bond acceptors (Lipinski definition) is 3. The molecule has 240 valence electrons. The Labute approximate surface area is 295 Å². The van der Waals surface area contributed by atoms with E-state index < -0.39 is 0 Å². The maximum absolute atomic E-state index is 6.43. The number of ether oxygens (including phenoxy) is 1. The van der Waals surface area contributed by atoms with Gasteiger partial charge in [0.2, 0.25) is 0 Å². The number of nitrogens with zero attached hydrogens (tertiary/aromatic N) is 2. The summed E-state index contributed by atoms with van der Waals surface area (Å²) < 4.78 is 8.85. The zero-order chi connectivity index (χ0) is 33.5. The van der Waals surface area contributed by atoms with Gasteiger partial charge in [-0.2, -0.15) is 0 Å². The molecule has 0 bridgehead atoms. The molecule has 8 aromatic carbocycles. The molecule has 4 heteroatoms. The van der Waals surface area contributed by atoms with Crippen LogP contribution in [-0.2, 0) is 0 Å². The summed E-state index contributed by atoms with van der Waals surface area (Å²) in [5.74, 6) is 1.81. The molecule has 11 rings (SSSR count). The summed E-state index contributed by atoms with van der Waals surface area (Å²) in [5, 5.41) is 8.59. The van der Waals surface area contributed by atoms with Gasteiger partial charge in [0, 0.05) is 33.1 Å². The van der Waals surface area contributed by atoms with Gasteiger partial charge in [0.1, 0.15) is 17.7 Å². The molecule has 3 heterocycles. The van der Waals surface area contributed by atoms with Crippen LogP contribution in [0.3, 0.4) is 0 Å². The van der Waals surface area contributed by atoms with Crippen molar-refractivity contribution in [3.8, 4) is 39.4 Å². The molecule has 0 radical (unpaired) electrons. The van der Waals surface area contributed by atoms with E-state index in [0.29, 0.717) is 0 Å². The summed E-state index contributed by atoms with van der Waals surface area (Å²) in [4.78, 5) is 2.43. The zero-order valence-corrected chi connectivity index (χ0v) is 27.6. The molecule has 0 amide bonds. The molecule has 1 unspecified atom stereocenters. The van der Waals surface area contributed by atoms with E-state index in [1.54, 1.807) is 0 Å². The minimum Gasteiger partial charge on any atom is -0.456 e. The highest BCUT2D eigenvalue weighted by molar-refractivity contribution is 6.14. The highest BCUT2D eigenvalue weighted by atomic mass is 16.5. The summed E-state index contributed by atoms with van der Waals surface area (Å²) in [6, 6.07) is 63.2. The van der Waals surface area contributed by atoms with Gasteiger partial charge in [-0.1, -0.05) is 121 Å². The van der Waals surface area contributed by atoms with Gasteiger partial charge in [-0.15, -0.1) is 0 Å². The lowest BCUT2D eigenvalue weighted by Gasteiger charge is -2.27.